The van der Waals surface area contributed by atoms with E-state index >= 15 is 0 Å². The van der Waals surface area contributed by atoms with Crippen LogP contribution in [0.15, 0.2) is 499 Å². The lowest BCUT2D eigenvalue weighted by atomic mass is 10.0. The van der Waals surface area contributed by atoms with E-state index in [2.05, 4.69) is 263 Å². The monoisotopic (exact) mass is 1570 g/mol. The average Bonchev–Trinajstić information content (AvgIpc) is 0.783. The number of para-hydroxylation sites is 6. The van der Waals surface area contributed by atoms with Gasteiger partial charge in [0.25, 0.3) is 0 Å². The van der Waals surface area contributed by atoms with E-state index in [1.54, 1.807) is 37.2 Å². The van der Waals surface area contributed by atoms with E-state index in [0.29, 0.717) is 0 Å². The first kappa shape index (κ1) is 78.1. The SMILES string of the molecule is c1ccc(N(c2ccc(-c3ccc(N(c4ccccn4)c4ccccn4)cc3)cc2)c2ccccn2)nc1.c1ccc(N(c2ccc(N(c3ccccc3)c3ccccn3)cc2)c2ccccn2)cc1.c1ccc(N(c2ccccc2)c2ccc(N(c3ccccn3)c3ccccn3)cc2)cc1.c1ccc(N(c2ccccc2)c2ccccn2)cc1. The van der Waals surface area contributed by atoms with E-state index in [1.165, 1.54) is 0 Å². The quantitative estimate of drug-likeness (QED) is 0.0635. The molecular formula is C105H82N16. The van der Waals surface area contributed by atoms with Gasteiger partial charge in [-0.3, -0.25) is 29.4 Å². The molecule has 9 heterocycles. The molecule has 0 saturated carbocycles. The molecular weight excluding hydrogens is 1490 g/mol. The van der Waals surface area contributed by atoms with Crippen molar-refractivity contribution in [2.45, 2.75) is 0 Å². The molecule has 0 saturated heterocycles. The van der Waals surface area contributed by atoms with Gasteiger partial charge in [-0.2, -0.15) is 0 Å². The predicted octanol–water partition coefficient (Wildman–Crippen LogP) is 27.3. The minimum absolute atomic E-state index is 0.812. The van der Waals surface area contributed by atoms with E-state index in [1.807, 2.05) is 277 Å². The van der Waals surface area contributed by atoms with Gasteiger partial charge in [-0.05, 0) is 266 Å². The molecule has 0 bridgehead atoms. The molecule has 0 amide bonds. The van der Waals surface area contributed by atoms with Crippen molar-refractivity contribution in [1.29, 1.82) is 0 Å². The molecule has 16 nitrogen and oxygen atoms in total. The van der Waals surface area contributed by atoms with E-state index in [0.717, 1.165) is 132 Å². The molecule has 0 aliphatic rings. The molecule has 10 aromatic carbocycles. The van der Waals surface area contributed by atoms with Crippen LogP contribution in [0.1, 0.15) is 0 Å². The summed E-state index contributed by atoms with van der Waals surface area (Å²) >= 11 is 0. The Hall–Kier alpha value is -16.9. The van der Waals surface area contributed by atoms with Gasteiger partial charge in [0.15, 0.2) is 0 Å². The third-order valence-corrected chi connectivity index (χ3v) is 19.3. The lowest BCUT2D eigenvalue weighted by Gasteiger charge is -2.27. The van der Waals surface area contributed by atoms with Gasteiger partial charge in [0.1, 0.15) is 52.4 Å². The predicted molar refractivity (Wildman–Crippen MR) is 494 cm³/mol. The van der Waals surface area contributed by atoms with E-state index < -0.39 is 0 Å². The average molecular weight is 1570 g/mol. The van der Waals surface area contributed by atoms with Gasteiger partial charge < -0.3 is 4.90 Å². The molecule has 19 aromatic rings. The molecule has 121 heavy (non-hydrogen) atoms. The lowest BCUT2D eigenvalue weighted by Crippen LogP contribution is -2.13. The topological polar surface area (TPSA) is 139 Å². The lowest BCUT2D eigenvalue weighted by molar-refractivity contribution is 1.12. The van der Waals surface area contributed by atoms with Crippen molar-refractivity contribution in [1.82, 2.24) is 44.9 Å². The van der Waals surface area contributed by atoms with E-state index in [9.17, 15) is 0 Å². The van der Waals surface area contributed by atoms with E-state index in [-0.39, 0.29) is 0 Å². The number of anilines is 21. The highest BCUT2D eigenvalue weighted by Gasteiger charge is 2.22. The Morgan fingerprint density at radius 3 is 0.388 bits per heavy atom. The number of hydrogen-bond acceptors (Lipinski definition) is 16. The van der Waals surface area contributed by atoms with Crippen LogP contribution in [0.25, 0.3) is 11.1 Å². The van der Waals surface area contributed by atoms with Crippen LogP contribution < -0.4 is 34.3 Å². The Morgan fingerprint density at radius 1 is 0.0992 bits per heavy atom. The molecule has 16 heteroatoms. The highest BCUT2D eigenvalue weighted by atomic mass is 15.3. The van der Waals surface area contributed by atoms with Crippen molar-refractivity contribution in [3.63, 3.8) is 0 Å². The molecule has 9 aromatic heterocycles. The first-order chi connectivity index (χ1) is 60.1. The van der Waals surface area contributed by atoms with Crippen LogP contribution in [0, 0.1) is 0 Å². The zero-order valence-electron chi connectivity index (χ0n) is 66.0. The van der Waals surface area contributed by atoms with Crippen molar-refractivity contribution in [3.8, 4) is 11.1 Å². The van der Waals surface area contributed by atoms with Crippen LogP contribution in [-0.2, 0) is 0 Å². The molecule has 0 N–H and O–H groups in total. The summed E-state index contributed by atoms with van der Waals surface area (Å²) in [6.07, 6.45) is 16.2. The van der Waals surface area contributed by atoms with Gasteiger partial charge >= 0.3 is 0 Å². The summed E-state index contributed by atoms with van der Waals surface area (Å²) < 4.78 is 0. The summed E-state index contributed by atoms with van der Waals surface area (Å²) in [5, 5.41) is 0. The second-order valence-corrected chi connectivity index (χ2v) is 27.2. The molecule has 582 valence electrons. The van der Waals surface area contributed by atoms with Crippen molar-refractivity contribution < 1.29 is 0 Å². The van der Waals surface area contributed by atoms with Gasteiger partial charge in [0, 0.05) is 124 Å². The fourth-order valence-corrected chi connectivity index (χ4v) is 13.8. The molecule has 0 fully saturated rings. The Balaban J connectivity index is 0.000000123. The van der Waals surface area contributed by atoms with E-state index in [4.69, 9.17) is 0 Å². The van der Waals surface area contributed by atoms with Crippen LogP contribution in [0.4, 0.5) is 121 Å². The molecule has 0 spiro atoms. The summed E-state index contributed by atoms with van der Waals surface area (Å²) in [7, 11) is 0. The number of aromatic nitrogens is 9. The van der Waals surface area contributed by atoms with Crippen molar-refractivity contribution in [2.24, 2.45) is 0 Å². The largest absolute Gasteiger partial charge is 0.311 e. The summed E-state index contributed by atoms with van der Waals surface area (Å²) in [5.41, 5.74) is 14.9. The third-order valence-electron chi connectivity index (χ3n) is 19.3. The first-order valence-electron chi connectivity index (χ1n) is 39.6. The smallest absolute Gasteiger partial charge is 0.138 e. The van der Waals surface area contributed by atoms with Crippen LogP contribution in [0.2, 0.25) is 0 Å². The maximum atomic E-state index is 4.59. The second kappa shape index (κ2) is 39.9. The molecule has 0 radical (unpaired) electrons. The van der Waals surface area contributed by atoms with Crippen LogP contribution in [0.5, 0.6) is 0 Å². The van der Waals surface area contributed by atoms with Crippen LogP contribution >= 0.6 is 0 Å². The number of nitrogens with zero attached hydrogens (tertiary/aromatic N) is 16. The Morgan fingerprint density at radius 2 is 0.223 bits per heavy atom. The molecule has 0 unspecified atom stereocenters. The van der Waals surface area contributed by atoms with Gasteiger partial charge in [-0.15, -0.1) is 0 Å². The van der Waals surface area contributed by atoms with Gasteiger partial charge in [-0.25, -0.2) is 44.9 Å². The highest BCUT2D eigenvalue weighted by Crippen LogP contribution is 2.42. The van der Waals surface area contributed by atoms with Gasteiger partial charge in [-0.1, -0.05) is 188 Å². The summed E-state index contributed by atoms with van der Waals surface area (Å²) in [5.74, 6) is 7.55. The Bertz CT molecular complexity index is 5340. The third kappa shape index (κ3) is 19.8. The van der Waals surface area contributed by atoms with Gasteiger partial charge in [0.2, 0.25) is 0 Å². The fraction of sp³-hybridized carbons (Fsp3) is 0. The first-order valence-corrected chi connectivity index (χ1v) is 39.6. The normalized spacial score (nSPS) is 10.5. The zero-order valence-corrected chi connectivity index (χ0v) is 66.0. The summed E-state index contributed by atoms with van der Waals surface area (Å²) in [6.45, 7) is 0. The minimum atomic E-state index is 0.812. The number of benzene rings is 10. The van der Waals surface area contributed by atoms with Crippen molar-refractivity contribution in [2.75, 3.05) is 34.3 Å². The molecule has 0 atom stereocenters. The van der Waals surface area contributed by atoms with Gasteiger partial charge in [0.05, 0.1) is 0 Å². The standard InChI is InChI=1S/C32H24N6.2C28H22N4.C17H14N2/c1-5-21-33-29(9-1)37(30-10-2-6-22-34-30)27-17-13-25(14-18-27)26-15-19-28(20-16-26)38(31-11-3-7-23-35-31)32-12-4-8-24-36-32;1-3-11-23(12-4-1)31(27-15-7-9-21-29-27)25-17-19-26(20-18-25)32(24-13-5-2-6-14-24)28-16-8-10-22-30-28;1-3-11-23(12-4-1)31(24-13-5-2-6-14-24)25-17-19-26(20-18-25)32(27-15-7-9-21-29-27)28-16-8-10-22-30-28;1-3-9-15(10-4-1)19(16-11-5-2-6-12-16)17-13-7-8-14-18-17/h1-24H;2*1-22H;1-14H. The fourth-order valence-electron chi connectivity index (χ4n) is 13.8. The van der Waals surface area contributed by atoms with Crippen molar-refractivity contribution in [3.05, 3.63) is 499 Å². The molecule has 0 aliphatic carbocycles. The Labute approximate surface area is 705 Å². The minimum Gasteiger partial charge on any atom is -0.311 e. The zero-order chi connectivity index (χ0) is 81.7. The maximum absolute atomic E-state index is 4.59. The Kier molecular flexibility index (Phi) is 25.8. The summed E-state index contributed by atoms with van der Waals surface area (Å²) in [6, 6.07) is 149. The van der Waals surface area contributed by atoms with Crippen LogP contribution in [0.3, 0.4) is 0 Å². The summed E-state index contributed by atoms with van der Waals surface area (Å²) in [4.78, 5) is 55.8. The van der Waals surface area contributed by atoms with Crippen LogP contribution in [-0.4, -0.2) is 44.9 Å². The maximum Gasteiger partial charge on any atom is 0.138 e. The number of hydrogen-bond donors (Lipinski definition) is 0. The molecule has 0 aliphatic heterocycles. The number of rotatable bonds is 22. The highest BCUT2D eigenvalue weighted by molar-refractivity contribution is 5.84. The van der Waals surface area contributed by atoms with Crippen molar-refractivity contribution >= 4 is 121 Å². The molecule has 19 rings (SSSR count). The second-order valence-electron chi connectivity index (χ2n) is 27.2. The number of pyridine rings is 9.